The molecule has 0 bridgehead atoms. The molecule has 0 nitrogen and oxygen atoms in total. The molecule has 1 aliphatic rings. The summed E-state index contributed by atoms with van der Waals surface area (Å²) < 4.78 is 0. The summed E-state index contributed by atoms with van der Waals surface area (Å²) in [4.78, 5) is 0. The highest BCUT2D eigenvalue weighted by Gasteiger charge is 2.46. The van der Waals surface area contributed by atoms with Gasteiger partial charge in [-0.3, -0.25) is 0 Å². The summed E-state index contributed by atoms with van der Waals surface area (Å²) in [5.41, 5.74) is 19.4. The smallest absolute Gasteiger partial charge is 0.0622 e. The highest BCUT2D eigenvalue weighted by atomic mass is 14.5. The molecule has 0 fully saturated rings. The zero-order valence-electron chi connectivity index (χ0n) is 35.5. The van der Waals surface area contributed by atoms with Gasteiger partial charge in [0.15, 0.2) is 0 Å². The number of aryl methyl sites for hydroxylation is 5. The molecule has 0 aliphatic heterocycles. The quantitative estimate of drug-likeness (QED) is 0.167. The molecule has 0 heteroatoms. The number of rotatable bonds is 4. The van der Waals surface area contributed by atoms with Gasteiger partial charge < -0.3 is 0 Å². The van der Waals surface area contributed by atoms with Crippen molar-refractivity contribution in [1.29, 1.82) is 0 Å². The van der Waals surface area contributed by atoms with E-state index in [1.807, 2.05) is 42.5 Å². The SMILES string of the molecule is Cc1ccc(-c2ccccc2)c(C)c1.Cc1ccc2c(c1)C(c1ccccc1)(c1ccccc1)c1cccc(-c3ccccc3)c1-2.Cc1ccccc1.Cc1ccccc1. The Morgan fingerprint density at radius 2 is 0.667 bits per heavy atom. The molecule has 0 spiro atoms. The van der Waals surface area contributed by atoms with Crippen LogP contribution < -0.4 is 0 Å². The fourth-order valence-corrected chi connectivity index (χ4v) is 8.33. The summed E-state index contributed by atoms with van der Waals surface area (Å²) in [6.45, 7) is 10.7. The van der Waals surface area contributed by atoms with Gasteiger partial charge in [-0.15, -0.1) is 0 Å². The molecule has 0 saturated carbocycles. The molecule has 9 aromatic rings. The van der Waals surface area contributed by atoms with E-state index in [1.165, 1.54) is 83.5 Å². The van der Waals surface area contributed by atoms with Crippen LogP contribution in [0.4, 0.5) is 0 Å². The molecule has 60 heavy (non-hydrogen) atoms. The predicted molar refractivity (Wildman–Crippen MR) is 258 cm³/mol. The first-order chi connectivity index (χ1) is 29.4. The van der Waals surface area contributed by atoms with Crippen molar-refractivity contribution in [3.63, 3.8) is 0 Å². The fraction of sp³-hybridized carbons (Fsp3) is 0.100. The lowest BCUT2D eigenvalue weighted by atomic mass is 9.67. The summed E-state index contributed by atoms with van der Waals surface area (Å²) in [5.74, 6) is 0. The molecule has 0 aromatic heterocycles. The minimum Gasteiger partial charge on any atom is -0.0622 e. The molecule has 0 amide bonds. The molecule has 10 rings (SSSR count). The van der Waals surface area contributed by atoms with Gasteiger partial charge in [0.1, 0.15) is 0 Å². The molecular formula is C60H54. The number of benzene rings is 9. The van der Waals surface area contributed by atoms with Gasteiger partial charge in [-0.2, -0.15) is 0 Å². The van der Waals surface area contributed by atoms with Crippen molar-refractivity contribution in [3.8, 4) is 33.4 Å². The third-order valence-electron chi connectivity index (χ3n) is 11.2. The maximum absolute atomic E-state index is 2.39. The lowest BCUT2D eigenvalue weighted by Crippen LogP contribution is -2.28. The van der Waals surface area contributed by atoms with Crippen LogP contribution >= 0.6 is 0 Å². The third-order valence-corrected chi connectivity index (χ3v) is 11.2. The molecule has 0 radical (unpaired) electrons. The molecule has 0 saturated heterocycles. The molecule has 9 aromatic carbocycles. The topological polar surface area (TPSA) is 0 Å². The second kappa shape index (κ2) is 19.6. The molecular weight excluding hydrogens is 721 g/mol. The van der Waals surface area contributed by atoms with Crippen LogP contribution in [-0.2, 0) is 5.41 Å². The Hall–Kier alpha value is -7.02. The van der Waals surface area contributed by atoms with Gasteiger partial charge in [-0.1, -0.05) is 259 Å². The zero-order chi connectivity index (χ0) is 41.7. The van der Waals surface area contributed by atoms with Crippen LogP contribution in [0, 0.1) is 34.6 Å². The Morgan fingerprint density at radius 3 is 1.10 bits per heavy atom. The normalized spacial score (nSPS) is 11.6. The zero-order valence-corrected chi connectivity index (χ0v) is 35.5. The van der Waals surface area contributed by atoms with E-state index in [0.29, 0.717) is 0 Å². The van der Waals surface area contributed by atoms with Gasteiger partial charge in [-0.25, -0.2) is 0 Å². The van der Waals surface area contributed by atoms with Crippen molar-refractivity contribution < 1.29 is 0 Å². The predicted octanol–water partition coefficient (Wildman–Crippen LogP) is 16.0. The van der Waals surface area contributed by atoms with Crippen molar-refractivity contribution in [3.05, 3.63) is 287 Å². The van der Waals surface area contributed by atoms with Crippen molar-refractivity contribution in [2.24, 2.45) is 0 Å². The summed E-state index contributed by atoms with van der Waals surface area (Å²) in [5, 5.41) is 0. The van der Waals surface area contributed by atoms with E-state index < -0.39 is 0 Å². The molecule has 0 N–H and O–H groups in total. The van der Waals surface area contributed by atoms with Crippen LogP contribution in [-0.4, -0.2) is 0 Å². The summed E-state index contributed by atoms with van der Waals surface area (Å²) in [6, 6.07) is 84.1. The summed E-state index contributed by atoms with van der Waals surface area (Å²) in [7, 11) is 0. The highest BCUT2D eigenvalue weighted by Crippen LogP contribution is 2.58. The Bertz CT molecular complexity index is 2620. The van der Waals surface area contributed by atoms with Gasteiger partial charge in [0.25, 0.3) is 0 Å². The second-order valence-electron chi connectivity index (χ2n) is 15.6. The van der Waals surface area contributed by atoms with Crippen molar-refractivity contribution in [2.75, 3.05) is 0 Å². The Labute approximate surface area is 358 Å². The first-order valence-electron chi connectivity index (χ1n) is 20.9. The van der Waals surface area contributed by atoms with E-state index in [9.17, 15) is 0 Å². The van der Waals surface area contributed by atoms with E-state index in [-0.39, 0.29) is 5.41 Å². The van der Waals surface area contributed by atoms with Gasteiger partial charge in [0.2, 0.25) is 0 Å². The first kappa shape index (κ1) is 41.2. The van der Waals surface area contributed by atoms with E-state index in [2.05, 4.69) is 229 Å². The lowest BCUT2D eigenvalue weighted by molar-refractivity contribution is 0.767. The van der Waals surface area contributed by atoms with Gasteiger partial charge in [0.05, 0.1) is 5.41 Å². The molecule has 0 unspecified atom stereocenters. The molecule has 1 aliphatic carbocycles. The van der Waals surface area contributed by atoms with Crippen molar-refractivity contribution >= 4 is 0 Å². The minimum atomic E-state index is -0.343. The lowest BCUT2D eigenvalue weighted by Gasteiger charge is -2.34. The second-order valence-corrected chi connectivity index (χ2v) is 15.6. The third kappa shape index (κ3) is 9.31. The van der Waals surface area contributed by atoms with Gasteiger partial charge in [0, 0.05) is 0 Å². The van der Waals surface area contributed by atoms with Crippen LogP contribution in [0.2, 0.25) is 0 Å². The summed E-state index contributed by atoms with van der Waals surface area (Å²) in [6.07, 6.45) is 0. The van der Waals surface area contributed by atoms with Crippen LogP contribution in [0.1, 0.15) is 50.1 Å². The van der Waals surface area contributed by atoms with E-state index in [4.69, 9.17) is 0 Å². The molecule has 0 atom stereocenters. The monoisotopic (exact) mass is 774 g/mol. The van der Waals surface area contributed by atoms with Crippen LogP contribution in [0.3, 0.4) is 0 Å². The van der Waals surface area contributed by atoms with Crippen molar-refractivity contribution in [1.82, 2.24) is 0 Å². The van der Waals surface area contributed by atoms with Crippen LogP contribution in [0.5, 0.6) is 0 Å². The fourth-order valence-electron chi connectivity index (χ4n) is 8.33. The highest BCUT2D eigenvalue weighted by molar-refractivity contribution is 5.95. The average molecular weight is 775 g/mol. The standard InChI is InChI=1S/C32H24.C14H14.2C7H8/c1-23-20-21-28-30(22-23)32(25-14-7-3-8-15-25,26-16-9-4-10-17-26)29-19-11-18-27(31(28)29)24-12-5-2-6-13-24;1-11-8-9-14(12(2)10-11)13-6-4-3-5-7-13;2*1-7-5-3-2-4-6-7/h2-22H,1H3;3-10H,1-2H3;2*2-6H,1H3. The van der Waals surface area contributed by atoms with Crippen LogP contribution in [0.15, 0.2) is 237 Å². The van der Waals surface area contributed by atoms with Gasteiger partial charge >= 0.3 is 0 Å². The molecule has 294 valence electrons. The first-order valence-corrected chi connectivity index (χ1v) is 20.9. The number of hydrogen-bond acceptors (Lipinski definition) is 0. The summed E-state index contributed by atoms with van der Waals surface area (Å²) >= 11 is 0. The Morgan fingerprint density at radius 1 is 0.267 bits per heavy atom. The van der Waals surface area contributed by atoms with E-state index in [1.54, 1.807) is 0 Å². The maximum atomic E-state index is 2.39. The van der Waals surface area contributed by atoms with Gasteiger partial charge in [-0.05, 0) is 95.8 Å². The molecule has 0 heterocycles. The average Bonchev–Trinajstić information content (AvgIpc) is 3.59. The Balaban J connectivity index is 0.000000158. The van der Waals surface area contributed by atoms with E-state index in [0.717, 1.165) is 0 Å². The van der Waals surface area contributed by atoms with E-state index >= 15 is 0 Å². The van der Waals surface area contributed by atoms with Crippen molar-refractivity contribution in [2.45, 2.75) is 40.0 Å². The van der Waals surface area contributed by atoms with Crippen LogP contribution in [0.25, 0.3) is 33.4 Å². The minimum absolute atomic E-state index is 0.343. The largest absolute Gasteiger partial charge is 0.0713 e. The number of fused-ring (bicyclic) bond motifs is 3. The maximum Gasteiger partial charge on any atom is 0.0713 e. The number of hydrogen-bond donors (Lipinski definition) is 0. The Kier molecular flexibility index (Phi) is 13.5.